The SMILES string of the molecule is COc1ccc(S(=O)Nc2cc(-c3c(O)ccc4ccccc34)c(OC)c3ccccc23)cc1. The standard InChI is InChI=1S/C28H23NO4S/c1-32-19-12-14-20(15-13-19)34(31)29-25-17-24(28(33-2)23-10-6-5-9-22(23)25)27-21-8-4-3-7-18(21)11-16-26(27)30/h3-17,29-30H,1-2H3. The molecule has 0 amide bonds. The van der Waals surface area contributed by atoms with Gasteiger partial charge in [-0.25, -0.2) is 4.21 Å². The van der Waals surface area contributed by atoms with Crippen LogP contribution in [0.4, 0.5) is 5.69 Å². The molecule has 5 aromatic rings. The van der Waals surface area contributed by atoms with Crippen LogP contribution in [0, 0.1) is 0 Å². The molecular formula is C28H23NO4S. The Morgan fingerprint density at radius 3 is 2.15 bits per heavy atom. The van der Waals surface area contributed by atoms with Gasteiger partial charge in [0.1, 0.15) is 28.2 Å². The lowest BCUT2D eigenvalue weighted by atomic mass is 9.93. The number of anilines is 1. The number of phenolic OH excluding ortho intramolecular Hbond substituents is 1. The van der Waals surface area contributed by atoms with Gasteiger partial charge in [-0.1, -0.05) is 54.6 Å². The summed E-state index contributed by atoms with van der Waals surface area (Å²) in [7, 11) is 1.70. The number of ether oxygens (including phenoxy) is 2. The molecule has 34 heavy (non-hydrogen) atoms. The maximum atomic E-state index is 13.2. The quantitative estimate of drug-likeness (QED) is 0.297. The van der Waals surface area contributed by atoms with Gasteiger partial charge in [-0.15, -0.1) is 0 Å². The maximum absolute atomic E-state index is 13.2. The highest BCUT2D eigenvalue weighted by Crippen LogP contribution is 2.46. The molecule has 170 valence electrons. The molecule has 0 heterocycles. The van der Waals surface area contributed by atoms with E-state index in [1.807, 2.05) is 60.7 Å². The van der Waals surface area contributed by atoms with Crippen LogP contribution in [0.25, 0.3) is 32.7 Å². The van der Waals surface area contributed by atoms with E-state index in [1.54, 1.807) is 44.6 Å². The molecule has 5 aromatic carbocycles. The van der Waals surface area contributed by atoms with Crippen molar-refractivity contribution < 1.29 is 18.8 Å². The van der Waals surface area contributed by atoms with Crippen molar-refractivity contribution in [3.05, 3.63) is 91.0 Å². The zero-order valence-corrected chi connectivity index (χ0v) is 19.6. The average molecular weight is 470 g/mol. The van der Waals surface area contributed by atoms with Crippen molar-refractivity contribution in [3.63, 3.8) is 0 Å². The summed E-state index contributed by atoms with van der Waals surface area (Å²) in [5.74, 6) is 1.49. The highest BCUT2D eigenvalue weighted by molar-refractivity contribution is 7.86. The molecule has 1 unspecified atom stereocenters. The van der Waals surface area contributed by atoms with Crippen LogP contribution in [-0.2, 0) is 11.0 Å². The van der Waals surface area contributed by atoms with Crippen molar-refractivity contribution >= 4 is 38.2 Å². The molecule has 0 saturated heterocycles. The summed E-state index contributed by atoms with van der Waals surface area (Å²) in [5.41, 5.74) is 2.05. The highest BCUT2D eigenvalue weighted by atomic mass is 32.2. The van der Waals surface area contributed by atoms with Crippen LogP contribution in [0.5, 0.6) is 17.2 Å². The molecule has 0 saturated carbocycles. The van der Waals surface area contributed by atoms with Crippen LogP contribution in [0.2, 0.25) is 0 Å². The van der Waals surface area contributed by atoms with Gasteiger partial charge >= 0.3 is 0 Å². The van der Waals surface area contributed by atoms with Crippen molar-refractivity contribution in [2.75, 3.05) is 18.9 Å². The van der Waals surface area contributed by atoms with Crippen LogP contribution in [0.3, 0.4) is 0 Å². The molecule has 0 fully saturated rings. The molecule has 0 aliphatic rings. The second-order valence-corrected chi connectivity index (χ2v) is 8.99. The maximum Gasteiger partial charge on any atom is 0.150 e. The summed E-state index contributed by atoms with van der Waals surface area (Å²) >= 11 is 0. The van der Waals surface area contributed by atoms with Crippen LogP contribution in [0.15, 0.2) is 95.9 Å². The van der Waals surface area contributed by atoms with E-state index in [2.05, 4.69) is 4.72 Å². The zero-order valence-electron chi connectivity index (χ0n) is 18.7. The predicted molar refractivity (Wildman–Crippen MR) is 138 cm³/mol. The number of aromatic hydroxyl groups is 1. The van der Waals surface area contributed by atoms with Crippen molar-refractivity contribution in [2.24, 2.45) is 0 Å². The molecule has 0 spiro atoms. The first-order chi connectivity index (χ1) is 16.6. The molecule has 0 bridgehead atoms. The number of fused-ring (bicyclic) bond motifs is 2. The largest absolute Gasteiger partial charge is 0.507 e. The van der Waals surface area contributed by atoms with Crippen LogP contribution in [0.1, 0.15) is 0 Å². The van der Waals surface area contributed by atoms with Gasteiger partial charge in [0.25, 0.3) is 0 Å². The van der Waals surface area contributed by atoms with Gasteiger partial charge in [0.2, 0.25) is 0 Å². The Labute approximate surface area is 200 Å². The minimum absolute atomic E-state index is 0.148. The zero-order chi connectivity index (χ0) is 23.7. The monoisotopic (exact) mass is 469 g/mol. The third-order valence-corrected chi connectivity index (χ3v) is 6.96. The normalized spacial score (nSPS) is 11.9. The van der Waals surface area contributed by atoms with E-state index >= 15 is 0 Å². The summed E-state index contributed by atoms with van der Waals surface area (Å²) in [6.45, 7) is 0. The Balaban J connectivity index is 1.72. The Kier molecular flexibility index (Phi) is 5.82. The Hall–Kier alpha value is -4.03. The van der Waals surface area contributed by atoms with Gasteiger partial charge in [-0.05, 0) is 47.2 Å². The van der Waals surface area contributed by atoms with Crippen LogP contribution in [-0.4, -0.2) is 23.5 Å². The van der Waals surface area contributed by atoms with Crippen LogP contribution >= 0.6 is 0 Å². The second kappa shape index (κ2) is 9.08. The van der Waals surface area contributed by atoms with Crippen molar-refractivity contribution in [1.29, 1.82) is 0 Å². The second-order valence-electron chi connectivity index (χ2n) is 7.78. The van der Waals surface area contributed by atoms with Gasteiger partial charge in [0.15, 0.2) is 0 Å². The molecule has 0 aliphatic heterocycles. The Bertz CT molecular complexity index is 1530. The van der Waals surface area contributed by atoms with E-state index in [-0.39, 0.29) is 5.75 Å². The average Bonchev–Trinajstić information content (AvgIpc) is 2.88. The smallest absolute Gasteiger partial charge is 0.150 e. The lowest BCUT2D eigenvalue weighted by Crippen LogP contribution is -2.06. The van der Waals surface area contributed by atoms with Gasteiger partial charge in [0, 0.05) is 21.9 Å². The molecule has 0 aromatic heterocycles. The lowest BCUT2D eigenvalue weighted by molar-refractivity contribution is 0.414. The minimum atomic E-state index is -1.52. The molecule has 5 rings (SSSR count). The topological polar surface area (TPSA) is 67.8 Å². The van der Waals surface area contributed by atoms with Gasteiger partial charge in [-0.3, -0.25) is 0 Å². The summed E-state index contributed by atoms with van der Waals surface area (Å²) in [6.07, 6.45) is 0. The summed E-state index contributed by atoms with van der Waals surface area (Å²) in [6, 6.07) is 28.2. The summed E-state index contributed by atoms with van der Waals surface area (Å²) < 4.78 is 27.4. The number of hydrogen-bond acceptors (Lipinski definition) is 4. The van der Waals surface area contributed by atoms with Gasteiger partial charge in [-0.2, -0.15) is 0 Å². The third-order valence-electron chi connectivity index (χ3n) is 5.85. The van der Waals surface area contributed by atoms with Crippen LogP contribution < -0.4 is 14.2 Å². The van der Waals surface area contributed by atoms with E-state index in [0.717, 1.165) is 21.5 Å². The number of rotatable bonds is 6. The first-order valence-corrected chi connectivity index (χ1v) is 11.9. The number of methoxy groups -OCH3 is 2. The summed E-state index contributed by atoms with van der Waals surface area (Å²) in [4.78, 5) is 0.621. The molecule has 2 N–H and O–H groups in total. The van der Waals surface area contributed by atoms with E-state index in [1.165, 1.54) is 0 Å². The number of phenols is 1. The van der Waals surface area contributed by atoms with Gasteiger partial charge in [0.05, 0.1) is 24.8 Å². The fourth-order valence-corrected chi connectivity index (χ4v) is 5.11. The molecular weight excluding hydrogens is 446 g/mol. The molecule has 0 aliphatic carbocycles. The number of hydrogen-bond donors (Lipinski definition) is 2. The Morgan fingerprint density at radius 2 is 1.44 bits per heavy atom. The highest BCUT2D eigenvalue weighted by Gasteiger charge is 2.20. The molecule has 1 atom stereocenters. The van der Waals surface area contributed by atoms with Crippen molar-refractivity contribution in [1.82, 2.24) is 0 Å². The fourth-order valence-electron chi connectivity index (χ4n) is 4.24. The molecule has 0 radical (unpaired) electrons. The van der Waals surface area contributed by atoms with E-state index in [4.69, 9.17) is 9.47 Å². The predicted octanol–water partition coefficient (Wildman–Crippen LogP) is 6.52. The first-order valence-electron chi connectivity index (χ1n) is 10.7. The summed E-state index contributed by atoms with van der Waals surface area (Å²) in [5, 5.41) is 14.5. The van der Waals surface area contributed by atoms with Crippen molar-refractivity contribution in [3.8, 4) is 28.4 Å². The van der Waals surface area contributed by atoms with E-state index in [0.29, 0.717) is 33.2 Å². The lowest BCUT2D eigenvalue weighted by Gasteiger charge is -2.18. The Morgan fingerprint density at radius 1 is 0.765 bits per heavy atom. The van der Waals surface area contributed by atoms with E-state index < -0.39 is 11.0 Å². The first kappa shape index (κ1) is 21.8. The minimum Gasteiger partial charge on any atom is -0.507 e. The fraction of sp³-hybridized carbons (Fsp3) is 0.0714. The van der Waals surface area contributed by atoms with Crippen molar-refractivity contribution in [2.45, 2.75) is 4.90 Å². The van der Waals surface area contributed by atoms with Gasteiger partial charge < -0.3 is 19.3 Å². The molecule has 6 heteroatoms. The molecule has 5 nitrogen and oxygen atoms in total. The third kappa shape index (κ3) is 3.82. The number of benzene rings is 5. The number of nitrogens with one attached hydrogen (secondary N) is 1. The van der Waals surface area contributed by atoms with E-state index in [9.17, 15) is 9.32 Å².